The van der Waals surface area contributed by atoms with Gasteiger partial charge in [-0.25, -0.2) is 4.39 Å². The molecule has 28 heavy (non-hydrogen) atoms. The highest BCUT2D eigenvalue weighted by molar-refractivity contribution is 9.10. The Morgan fingerprint density at radius 2 is 2.14 bits per heavy atom. The standard InChI is InChI=1S/C20H18BrFN2O4/c1-11-2-3-17(14(21)4-11)27-9-12-7-24(8-12)20(26)13-5-16-18(6-15(13)22)28-10-19(25)23-16/h2-6,12H,7-10H2,1H3,(H,23,25). The second-order valence-electron chi connectivity index (χ2n) is 6.99. The number of nitrogens with one attached hydrogen (secondary N) is 1. The van der Waals surface area contributed by atoms with Crippen LogP contribution in [-0.4, -0.2) is 43.0 Å². The van der Waals surface area contributed by atoms with Crippen LogP contribution in [0.15, 0.2) is 34.8 Å². The number of anilines is 1. The minimum absolute atomic E-state index is 0.0785. The third-order valence-corrected chi connectivity index (χ3v) is 5.36. The molecule has 2 aromatic rings. The van der Waals surface area contributed by atoms with Gasteiger partial charge < -0.3 is 19.7 Å². The average molecular weight is 449 g/mol. The predicted molar refractivity (Wildman–Crippen MR) is 104 cm³/mol. The van der Waals surface area contributed by atoms with Crippen molar-refractivity contribution >= 4 is 33.4 Å². The van der Waals surface area contributed by atoms with Crippen LogP contribution < -0.4 is 14.8 Å². The zero-order valence-corrected chi connectivity index (χ0v) is 16.7. The van der Waals surface area contributed by atoms with E-state index in [9.17, 15) is 14.0 Å². The molecule has 146 valence electrons. The van der Waals surface area contributed by atoms with E-state index in [0.717, 1.165) is 21.9 Å². The second kappa shape index (κ2) is 7.43. The molecule has 8 heteroatoms. The molecular weight excluding hydrogens is 431 g/mol. The highest BCUT2D eigenvalue weighted by Crippen LogP contribution is 2.32. The highest BCUT2D eigenvalue weighted by atomic mass is 79.9. The van der Waals surface area contributed by atoms with E-state index in [-0.39, 0.29) is 29.7 Å². The van der Waals surface area contributed by atoms with E-state index < -0.39 is 11.7 Å². The first kappa shape index (κ1) is 18.7. The number of fused-ring (bicyclic) bond motifs is 1. The Morgan fingerprint density at radius 3 is 2.89 bits per heavy atom. The van der Waals surface area contributed by atoms with Gasteiger partial charge in [-0.1, -0.05) is 6.07 Å². The van der Waals surface area contributed by atoms with Gasteiger partial charge >= 0.3 is 0 Å². The van der Waals surface area contributed by atoms with Crippen molar-refractivity contribution in [2.45, 2.75) is 6.92 Å². The molecule has 6 nitrogen and oxygen atoms in total. The second-order valence-corrected chi connectivity index (χ2v) is 7.84. The Morgan fingerprint density at radius 1 is 1.36 bits per heavy atom. The summed E-state index contributed by atoms with van der Waals surface area (Å²) < 4.78 is 26.2. The first-order valence-corrected chi connectivity index (χ1v) is 9.64. The van der Waals surface area contributed by atoms with Crippen molar-refractivity contribution in [2.75, 3.05) is 31.6 Å². The molecule has 4 rings (SSSR count). The van der Waals surface area contributed by atoms with E-state index >= 15 is 0 Å². The van der Waals surface area contributed by atoms with E-state index in [1.165, 1.54) is 6.07 Å². The maximum atomic E-state index is 14.3. The fourth-order valence-electron chi connectivity index (χ4n) is 3.21. The molecule has 0 spiro atoms. The van der Waals surface area contributed by atoms with Crippen molar-refractivity contribution in [3.05, 3.63) is 51.7 Å². The Hall–Kier alpha value is -2.61. The molecule has 2 aliphatic heterocycles. The molecule has 0 aliphatic carbocycles. The highest BCUT2D eigenvalue weighted by Gasteiger charge is 2.34. The Labute approximate surface area is 169 Å². The molecule has 0 bridgehead atoms. The molecule has 2 heterocycles. The molecule has 2 aliphatic rings. The Bertz CT molecular complexity index is 959. The summed E-state index contributed by atoms with van der Waals surface area (Å²) >= 11 is 3.47. The van der Waals surface area contributed by atoms with Crippen molar-refractivity contribution in [3.8, 4) is 11.5 Å². The van der Waals surface area contributed by atoms with Gasteiger partial charge in [0.25, 0.3) is 11.8 Å². The van der Waals surface area contributed by atoms with Gasteiger partial charge in [-0.05, 0) is 46.6 Å². The van der Waals surface area contributed by atoms with Crippen LogP contribution in [0.1, 0.15) is 15.9 Å². The summed E-state index contributed by atoms with van der Waals surface area (Å²) in [5.41, 5.74) is 1.36. The molecule has 0 saturated carbocycles. The van der Waals surface area contributed by atoms with Crippen LogP contribution in [0.2, 0.25) is 0 Å². The summed E-state index contributed by atoms with van der Waals surface area (Å²) in [5, 5.41) is 2.59. The van der Waals surface area contributed by atoms with Crippen molar-refractivity contribution in [2.24, 2.45) is 5.92 Å². The molecule has 1 fully saturated rings. The van der Waals surface area contributed by atoms with Crippen LogP contribution in [0.25, 0.3) is 0 Å². The number of benzene rings is 2. The van der Waals surface area contributed by atoms with Gasteiger partial charge in [0.1, 0.15) is 17.3 Å². The maximum absolute atomic E-state index is 14.3. The van der Waals surface area contributed by atoms with Crippen molar-refractivity contribution in [1.82, 2.24) is 4.90 Å². The van der Waals surface area contributed by atoms with Gasteiger partial charge in [0.2, 0.25) is 0 Å². The number of nitrogens with zero attached hydrogens (tertiary/aromatic N) is 1. The SMILES string of the molecule is Cc1ccc(OCC2CN(C(=O)c3cc4c(cc3F)OCC(=O)N4)C2)c(Br)c1. The number of likely N-dealkylation sites (tertiary alicyclic amines) is 1. The molecule has 2 aromatic carbocycles. The van der Waals surface area contributed by atoms with Gasteiger partial charge in [-0.2, -0.15) is 0 Å². The molecule has 0 radical (unpaired) electrons. The third kappa shape index (κ3) is 3.69. The lowest BCUT2D eigenvalue weighted by atomic mass is 9.99. The number of halogens is 2. The summed E-state index contributed by atoms with van der Waals surface area (Å²) in [7, 11) is 0. The van der Waals surface area contributed by atoms with Gasteiger partial charge in [0, 0.05) is 25.1 Å². The summed E-state index contributed by atoms with van der Waals surface area (Å²) in [6.07, 6.45) is 0. The maximum Gasteiger partial charge on any atom is 0.262 e. The number of hydrogen-bond donors (Lipinski definition) is 1. The summed E-state index contributed by atoms with van der Waals surface area (Å²) in [4.78, 5) is 25.6. The largest absolute Gasteiger partial charge is 0.492 e. The fourth-order valence-corrected chi connectivity index (χ4v) is 3.82. The molecule has 0 aromatic heterocycles. The van der Waals surface area contributed by atoms with E-state index in [4.69, 9.17) is 9.47 Å². The summed E-state index contributed by atoms with van der Waals surface area (Å²) in [6.45, 7) is 3.29. The third-order valence-electron chi connectivity index (χ3n) is 4.74. The zero-order valence-electron chi connectivity index (χ0n) is 15.1. The zero-order chi connectivity index (χ0) is 19.8. The quantitative estimate of drug-likeness (QED) is 0.778. The number of carbonyl (C=O) groups is 2. The lowest BCUT2D eigenvalue weighted by Crippen LogP contribution is -2.52. The van der Waals surface area contributed by atoms with Crippen LogP contribution in [0, 0.1) is 18.7 Å². The number of aryl methyl sites for hydroxylation is 1. The topological polar surface area (TPSA) is 67.9 Å². The molecule has 0 unspecified atom stereocenters. The first-order chi connectivity index (χ1) is 13.4. The Balaban J connectivity index is 1.36. The van der Waals surface area contributed by atoms with Gasteiger partial charge in [-0.3, -0.25) is 9.59 Å². The lowest BCUT2D eigenvalue weighted by molar-refractivity contribution is -0.118. The van der Waals surface area contributed by atoms with E-state index in [0.29, 0.717) is 25.4 Å². The number of ether oxygens (including phenoxy) is 2. The summed E-state index contributed by atoms with van der Waals surface area (Å²) in [5.74, 6) is -0.239. The molecule has 1 saturated heterocycles. The van der Waals surface area contributed by atoms with Gasteiger partial charge in [-0.15, -0.1) is 0 Å². The van der Waals surface area contributed by atoms with Gasteiger partial charge in [0.05, 0.1) is 22.3 Å². The molecule has 2 amide bonds. The summed E-state index contributed by atoms with van der Waals surface area (Å²) in [6, 6.07) is 8.32. The number of amides is 2. The van der Waals surface area contributed by atoms with E-state index in [2.05, 4.69) is 21.2 Å². The molecular formula is C20H18BrFN2O4. The number of hydrogen-bond acceptors (Lipinski definition) is 4. The molecule has 1 N–H and O–H groups in total. The normalized spacial score (nSPS) is 16.0. The van der Waals surface area contributed by atoms with E-state index in [1.54, 1.807) is 4.90 Å². The molecule has 0 atom stereocenters. The van der Waals surface area contributed by atoms with Crippen LogP contribution in [0.3, 0.4) is 0 Å². The van der Waals surface area contributed by atoms with Crippen molar-refractivity contribution in [1.29, 1.82) is 0 Å². The van der Waals surface area contributed by atoms with Crippen molar-refractivity contribution < 1.29 is 23.5 Å². The minimum atomic E-state index is -0.664. The van der Waals surface area contributed by atoms with Crippen LogP contribution >= 0.6 is 15.9 Å². The van der Waals surface area contributed by atoms with Crippen molar-refractivity contribution in [3.63, 3.8) is 0 Å². The number of rotatable bonds is 4. The van der Waals surface area contributed by atoms with Crippen LogP contribution in [0.5, 0.6) is 11.5 Å². The van der Waals surface area contributed by atoms with Crippen LogP contribution in [-0.2, 0) is 4.79 Å². The van der Waals surface area contributed by atoms with Crippen LogP contribution in [0.4, 0.5) is 10.1 Å². The smallest absolute Gasteiger partial charge is 0.262 e. The fraction of sp³-hybridized carbons (Fsp3) is 0.300. The lowest BCUT2D eigenvalue weighted by Gasteiger charge is -2.39. The monoisotopic (exact) mass is 448 g/mol. The minimum Gasteiger partial charge on any atom is -0.492 e. The van der Waals surface area contributed by atoms with E-state index in [1.807, 2.05) is 25.1 Å². The Kier molecular flexibility index (Phi) is 4.97. The van der Waals surface area contributed by atoms with Gasteiger partial charge in [0.15, 0.2) is 6.61 Å². The number of carbonyl (C=O) groups excluding carboxylic acids is 2. The first-order valence-electron chi connectivity index (χ1n) is 8.85. The predicted octanol–water partition coefficient (Wildman–Crippen LogP) is 3.38. The average Bonchev–Trinajstić information content (AvgIpc) is 2.61.